The Hall–Kier alpha value is -1.57. The van der Waals surface area contributed by atoms with Gasteiger partial charge in [-0.1, -0.05) is 0 Å². The largest absolute Gasteiger partial charge is 0.465 e. The summed E-state index contributed by atoms with van der Waals surface area (Å²) in [4.78, 5) is 10.7. The molecule has 0 fully saturated rings. The van der Waals surface area contributed by atoms with Crippen molar-refractivity contribution in [2.75, 3.05) is 6.61 Å². The minimum Gasteiger partial charge on any atom is -0.465 e. The van der Waals surface area contributed by atoms with E-state index in [9.17, 15) is 4.79 Å². The average Bonchev–Trinajstić information content (AvgIpc) is 2.00. The second kappa shape index (κ2) is 5.23. The zero-order chi connectivity index (χ0) is 8.69. The number of hydrogen-bond acceptors (Lipinski definition) is 5. The van der Waals surface area contributed by atoms with Crippen LogP contribution < -0.4 is 0 Å². The van der Waals surface area contributed by atoms with Gasteiger partial charge in [-0.3, -0.25) is 4.79 Å². The van der Waals surface area contributed by atoms with Gasteiger partial charge in [-0.05, 0) is 6.92 Å². The summed E-state index contributed by atoms with van der Waals surface area (Å²) in [6.07, 6.45) is 0.817. The Kier molecular flexibility index (Phi) is 4.49. The molecule has 0 aromatic carbocycles. The number of rotatable bonds is 3. The Morgan fingerprint density at radius 3 is 3.00 bits per heavy atom. The van der Waals surface area contributed by atoms with Gasteiger partial charge in [0.2, 0.25) is 0 Å². The number of oxime groups is 1. The molecule has 0 spiro atoms. The van der Waals surface area contributed by atoms with E-state index in [0.29, 0.717) is 0 Å². The molecule has 1 atom stereocenters. The first-order chi connectivity index (χ1) is 5.26. The molecule has 0 aliphatic rings. The molecule has 0 aliphatic carbocycles. The summed E-state index contributed by atoms with van der Waals surface area (Å²) >= 11 is 0. The van der Waals surface area contributed by atoms with E-state index >= 15 is 0 Å². The fourth-order valence-corrected chi connectivity index (χ4v) is 0.446. The topological polar surface area (TPSA) is 82.7 Å². The third-order valence-corrected chi connectivity index (χ3v) is 0.895. The molecule has 0 bridgehead atoms. The van der Waals surface area contributed by atoms with Crippen molar-refractivity contribution in [1.29, 1.82) is 5.26 Å². The molecule has 0 heterocycles. The average molecular weight is 156 g/mol. The number of nitriles is 1. The first-order valence-corrected chi connectivity index (χ1v) is 3.00. The van der Waals surface area contributed by atoms with Crippen molar-refractivity contribution >= 4 is 12.2 Å². The quantitative estimate of drug-likeness (QED) is 0.273. The van der Waals surface area contributed by atoms with Crippen LogP contribution in [0.25, 0.3) is 0 Å². The molecule has 0 saturated heterocycles. The number of ether oxygens (including phenoxy) is 1. The molecule has 0 amide bonds. The van der Waals surface area contributed by atoms with E-state index in [1.165, 1.54) is 0 Å². The minimum atomic E-state index is -1.11. The van der Waals surface area contributed by atoms with Gasteiger partial charge < -0.3 is 9.94 Å². The van der Waals surface area contributed by atoms with Gasteiger partial charge in [0.1, 0.15) is 0 Å². The fourth-order valence-electron chi connectivity index (χ4n) is 0.446. The van der Waals surface area contributed by atoms with Crippen molar-refractivity contribution in [3.63, 3.8) is 0 Å². The lowest BCUT2D eigenvalue weighted by atomic mass is 10.2. The third-order valence-electron chi connectivity index (χ3n) is 0.895. The first kappa shape index (κ1) is 9.43. The molecule has 0 aromatic heterocycles. The van der Waals surface area contributed by atoms with Crippen LogP contribution in [-0.2, 0) is 9.53 Å². The van der Waals surface area contributed by atoms with Crippen LogP contribution in [0.5, 0.6) is 0 Å². The van der Waals surface area contributed by atoms with E-state index in [1.807, 2.05) is 0 Å². The van der Waals surface area contributed by atoms with Gasteiger partial charge in [0, 0.05) is 0 Å². The molecule has 0 aromatic rings. The lowest BCUT2D eigenvalue weighted by molar-refractivity contribution is -0.143. The van der Waals surface area contributed by atoms with Gasteiger partial charge in [0.05, 0.1) is 18.9 Å². The van der Waals surface area contributed by atoms with Crippen LogP contribution >= 0.6 is 0 Å². The second-order valence-electron chi connectivity index (χ2n) is 1.62. The van der Waals surface area contributed by atoms with Gasteiger partial charge in [0.25, 0.3) is 0 Å². The van der Waals surface area contributed by atoms with Crippen molar-refractivity contribution in [1.82, 2.24) is 0 Å². The van der Waals surface area contributed by atoms with Crippen LogP contribution in [0, 0.1) is 17.2 Å². The molecule has 11 heavy (non-hydrogen) atoms. The summed E-state index contributed by atoms with van der Waals surface area (Å²) in [6.45, 7) is 1.83. The maximum Gasteiger partial charge on any atom is 0.329 e. The van der Waals surface area contributed by atoms with Gasteiger partial charge in [-0.15, -0.1) is 5.16 Å². The summed E-state index contributed by atoms with van der Waals surface area (Å²) in [5.74, 6) is -1.81. The second-order valence-corrected chi connectivity index (χ2v) is 1.62. The maximum atomic E-state index is 10.7. The zero-order valence-corrected chi connectivity index (χ0v) is 6.02. The molecule has 5 nitrogen and oxygen atoms in total. The molecule has 1 N–H and O–H groups in total. The molecular weight excluding hydrogens is 148 g/mol. The van der Waals surface area contributed by atoms with Gasteiger partial charge in [-0.2, -0.15) is 5.26 Å². The Balaban J connectivity index is 4.06. The molecule has 0 radical (unpaired) electrons. The molecular formula is C6H8N2O3. The Morgan fingerprint density at radius 2 is 2.64 bits per heavy atom. The molecule has 0 aliphatic heterocycles. The monoisotopic (exact) mass is 156 g/mol. The van der Waals surface area contributed by atoms with Crippen LogP contribution in [0.2, 0.25) is 0 Å². The van der Waals surface area contributed by atoms with E-state index < -0.39 is 11.9 Å². The number of nitrogens with zero attached hydrogens (tertiary/aromatic N) is 2. The van der Waals surface area contributed by atoms with E-state index in [0.717, 1.165) is 6.21 Å². The van der Waals surface area contributed by atoms with Crippen molar-refractivity contribution < 1.29 is 14.7 Å². The predicted octanol–water partition coefficient (Wildman–Crippen LogP) is 0.149. The van der Waals surface area contributed by atoms with Crippen molar-refractivity contribution in [3.05, 3.63) is 0 Å². The standard InChI is InChI=1S/C6H8N2O3/c1-2-11-6(9)5(3-7)4-8-10/h4-5,10H,2H2,1H3/b8-4+. The molecule has 60 valence electrons. The summed E-state index contributed by atoms with van der Waals surface area (Å²) in [5, 5.41) is 18.9. The van der Waals surface area contributed by atoms with Crippen molar-refractivity contribution in [3.8, 4) is 6.07 Å². The molecule has 0 saturated carbocycles. The first-order valence-electron chi connectivity index (χ1n) is 3.00. The molecule has 0 rings (SSSR count). The van der Waals surface area contributed by atoms with Gasteiger partial charge in [-0.25, -0.2) is 0 Å². The normalized spacial score (nSPS) is 12.4. The highest BCUT2D eigenvalue weighted by atomic mass is 16.5. The Bertz CT molecular complexity index is 194. The highest BCUT2D eigenvalue weighted by molar-refractivity contribution is 5.92. The lowest BCUT2D eigenvalue weighted by Gasteiger charge is -2.00. The SMILES string of the molecule is CCOC(=O)C(C#N)/C=N/O. The van der Waals surface area contributed by atoms with Crippen LogP contribution in [0.1, 0.15) is 6.92 Å². The lowest BCUT2D eigenvalue weighted by Crippen LogP contribution is -2.17. The summed E-state index contributed by atoms with van der Waals surface area (Å²) in [5.41, 5.74) is 0. The zero-order valence-electron chi connectivity index (χ0n) is 6.02. The third kappa shape index (κ3) is 3.20. The smallest absolute Gasteiger partial charge is 0.329 e. The molecule has 1 unspecified atom stereocenters. The van der Waals surface area contributed by atoms with Crippen LogP contribution in [0.15, 0.2) is 5.16 Å². The van der Waals surface area contributed by atoms with Crippen LogP contribution in [-0.4, -0.2) is 24.0 Å². The van der Waals surface area contributed by atoms with Crippen molar-refractivity contribution in [2.45, 2.75) is 6.92 Å². The van der Waals surface area contributed by atoms with Gasteiger partial charge in [0.15, 0.2) is 5.92 Å². The van der Waals surface area contributed by atoms with E-state index in [2.05, 4.69) is 9.89 Å². The number of carbonyl (C=O) groups is 1. The van der Waals surface area contributed by atoms with Crippen LogP contribution in [0.3, 0.4) is 0 Å². The van der Waals surface area contributed by atoms with Gasteiger partial charge >= 0.3 is 5.97 Å². The predicted molar refractivity (Wildman–Crippen MR) is 36.0 cm³/mol. The highest BCUT2D eigenvalue weighted by Gasteiger charge is 2.16. The van der Waals surface area contributed by atoms with Crippen molar-refractivity contribution in [2.24, 2.45) is 11.1 Å². The number of hydrogen-bond donors (Lipinski definition) is 1. The number of carbonyl (C=O) groups excluding carboxylic acids is 1. The number of esters is 1. The van der Waals surface area contributed by atoms with Crippen LogP contribution in [0.4, 0.5) is 0 Å². The Labute approximate surface area is 63.9 Å². The molecule has 5 heteroatoms. The van der Waals surface area contributed by atoms with E-state index in [-0.39, 0.29) is 6.61 Å². The maximum absolute atomic E-state index is 10.7. The summed E-state index contributed by atoms with van der Waals surface area (Å²) in [7, 11) is 0. The minimum absolute atomic E-state index is 0.205. The van der Waals surface area contributed by atoms with E-state index in [1.54, 1.807) is 13.0 Å². The summed E-state index contributed by atoms with van der Waals surface area (Å²) < 4.78 is 4.48. The highest BCUT2D eigenvalue weighted by Crippen LogP contribution is 1.93. The fraction of sp³-hybridized carbons (Fsp3) is 0.500. The Morgan fingerprint density at radius 1 is 2.00 bits per heavy atom. The summed E-state index contributed by atoms with van der Waals surface area (Å²) in [6, 6.07) is 1.60. The van der Waals surface area contributed by atoms with E-state index in [4.69, 9.17) is 10.5 Å².